The van der Waals surface area contributed by atoms with E-state index in [1.165, 1.54) is 17.4 Å². The molecule has 1 heterocycles. The number of fused-ring (bicyclic) bond motifs is 1. The lowest BCUT2D eigenvalue weighted by molar-refractivity contribution is -0.112. The molecule has 1 aromatic heterocycles. The maximum absolute atomic E-state index is 11.8. The second-order valence-corrected chi connectivity index (χ2v) is 4.83. The number of carbonyl (C=O) groups excluding carboxylic acids is 1. The first kappa shape index (κ1) is 24.1. The Labute approximate surface area is 150 Å². The third-order valence-electron chi connectivity index (χ3n) is 2.31. The Hall–Kier alpha value is -2.20. The summed E-state index contributed by atoms with van der Waals surface area (Å²) < 4.78 is 1.06. The fourth-order valence-corrected chi connectivity index (χ4v) is 2.30. The van der Waals surface area contributed by atoms with Gasteiger partial charge in [-0.25, -0.2) is 4.98 Å². The van der Waals surface area contributed by atoms with Gasteiger partial charge in [-0.15, -0.1) is 6.58 Å². The third kappa shape index (κ3) is 8.44. The van der Waals surface area contributed by atoms with Gasteiger partial charge in [0, 0.05) is 5.57 Å². The maximum Gasteiger partial charge on any atom is 0.257 e. The first-order valence-electron chi connectivity index (χ1n) is 8.19. The Bertz CT molecular complexity index is 609. The Balaban J connectivity index is 0. The second kappa shape index (κ2) is 15.7. The lowest BCUT2D eigenvalue weighted by Gasteiger charge is -2.00. The highest BCUT2D eigenvalue weighted by Gasteiger charge is 2.08. The van der Waals surface area contributed by atoms with Crippen molar-refractivity contribution in [3.8, 4) is 0 Å². The molecule has 0 unspecified atom stereocenters. The fourth-order valence-electron chi connectivity index (χ4n) is 1.44. The molecule has 3 nitrogen and oxygen atoms in total. The molecule has 0 saturated heterocycles. The number of thiazole rings is 1. The van der Waals surface area contributed by atoms with Crippen LogP contribution in [-0.4, -0.2) is 10.9 Å². The van der Waals surface area contributed by atoms with Crippen molar-refractivity contribution in [2.75, 3.05) is 5.32 Å². The Morgan fingerprint density at radius 2 is 1.67 bits per heavy atom. The van der Waals surface area contributed by atoms with Crippen molar-refractivity contribution in [2.24, 2.45) is 0 Å². The number of carbonyl (C=O) groups is 1. The number of benzene rings is 1. The Morgan fingerprint density at radius 3 is 2.12 bits per heavy atom. The number of para-hydroxylation sites is 1. The highest BCUT2D eigenvalue weighted by atomic mass is 32.1. The molecule has 0 spiro atoms. The van der Waals surface area contributed by atoms with Gasteiger partial charge in [-0.1, -0.05) is 76.0 Å². The van der Waals surface area contributed by atoms with Gasteiger partial charge in [-0.3, -0.25) is 10.1 Å². The van der Waals surface area contributed by atoms with Crippen LogP contribution in [0, 0.1) is 0 Å². The summed E-state index contributed by atoms with van der Waals surface area (Å²) in [4.78, 5) is 16.1. The van der Waals surface area contributed by atoms with E-state index in [4.69, 9.17) is 0 Å². The van der Waals surface area contributed by atoms with Crippen molar-refractivity contribution in [1.82, 2.24) is 4.98 Å². The predicted octanol–water partition coefficient (Wildman–Crippen LogP) is 6.61. The van der Waals surface area contributed by atoms with Crippen LogP contribution in [0.4, 0.5) is 5.13 Å². The molecule has 0 fully saturated rings. The molecule has 1 N–H and O–H groups in total. The number of hydrogen-bond acceptors (Lipinski definition) is 3. The minimum atomic E-state index is -0.179. The zero-order chi connectivity index (χ0) is 19.0. The normalized spacial score (nSPS) is 9.17. The van der Waals surface area contributed by atoms with Gasteiger partial charge in [0.05, 0.1) is 10.2 Å². The van der Waals surface area contributed by atoms with Gasteiger partial charge in [0.1, 0.15) is 0 Å². The minimum Gasteiger partial charge on any atom is -0.298 e. The van der Waals surface area contributed by atoms with Gasteiger partial charge in [-0.05, 0) is 26.0 Å². The van der Waals surface area contributed by atoms with E-state index in [0.717, 1.165) is 10.2 Å². The van der Waals surface area contributed by atoms with Crippen LogP contribution in [0.1, 0.15) is 41.5 Å². The average Bonchev–Trinajstić information content (AvgIpc) is 3.02. The van der Waals surface area contributed by atoms with E-state index < -0.39 is 0 Å². The largest absolute Gasteiger partial charge is 0.298 e. The molecule has 1 aromatic carbocycles. The molecular weight excluding hydrogens is 316 g/mol. The summed E-state index contributed by atoms with van der Waals surface area (Å²) in [6.07, 6.45) is 5.00. The molecule has 0 aliphatic carbocycles. The van der Waals surface area contributed by atoms with E-state index in [9.17, 15) is 4.79 Å². The van der Waals surface area contributed by atoms with Crippen molar-refractivity contribution >= 4 is 32.6 Å². The first-order chi connectivity index (χ1) is 11.7. The quantitative estimate of drug-likeness (QED) is 0.386. The van der Waals surface area contributed by atoms with Gasteiger partial charge >= 0.3 is 0 Å². The first-order valence-corrected chi connectivity index (χ1v) is 9.00. The summed E-state index contributed by atoms with van der Waals surface area (Å²) in [7, 11) is 0. The van der Waals surface area contributed by atoms with E-state index in [-0.39, 0.29) is 5.91 Å². The number of amides is 1. The van der Waals surface area contributed by atoms with Crippen molar-refractivity contribution in [3.05, 3.63) is 61.2 Å². The summed E-state index contributed by atoms with van der Waals surface area (Å²) in [5.74, 6) is -0.179. The van der Waals surface area contributed by atoms with Crippen LogP contribution in [0.25, 0.3) is 10.2 Å². The molecule has 0 bridgehead atoms. The molecule has 24 heavy (non-hydrogen) atoms. The second-order valence-electron chi connectivity index (χ2n) is 3.80. The van der Waals surface area contributed by atoms with Gasteiger partial charge in [0.25, 0.3) is 5.91 Å². The summed E-state index contributed by atoms with van der Waals surface area (Å²) in [6.45, 7) is 18.6. The lowest BCUT2D eigenvalue weighted by Crippen LogP contribution is -2.12. The standard InChI is InChI=1S/C13H12N2OS.C3H6.2C2H6/c1-3-9(4-2)12(16)15-13-14-10-7-5-6-8-11(10)17-13;1-3-2;2*1-2/h3-8H,1H2,2H3,(H,14,15,16);3H,1H2,2H3;2*1-2H3/b9-4+;;;. The van der Waals surface area contributed by atoms with Gasteiger partial charge < -0.3 is 0 Å². The van der Waals surface area contributed by atoms with Crippen molar-refractivity contribution in [3.63, 3.8) is 0 Å². The van der Waals surface area contributed by atoms with E-state index in [1.54, 1.807) is 19.1 Å². The van der Waals surface area contributed by atoms with Crippen LogP contribution in [0.2, 0.25) is 0 Å². The number of hydrogen-bond donors (Lipinski definition) is 1. The van der Waals surface area contributed by atoms with E-state index in [2.05, 4.69) is 23.5 Å². The molecule has 0 atom stereocenters. The summed E-state index contributed by atoms with van der Waals surface area (Å²) in [6, 6.07) is 7.78. The van der Waals surface area contributed by atoms with E-state index >= 15 is 0 Å². The number of rotatable bonds is 3. The molecule has 2 aromatic rings. The summed E-state index contributed by atoms with van der Waals surface area (Å²) in [5.41, 5.74) is 1.44. The van der Waals surface area contributed by atoms with E-state index in [1.807, 2.05) is 58.9 Å². The monoisotopic (exact) mass is 346 g/mol. The number of allylic oxidation sites excluding steroid dienone is 2. The molecule has 0 radical (unpaired) electrons. The zero-order valence-corrected chi connectivity index (χ0v) is 16.5. The van der Waals surface area contributed by atoms with Gasteiger partial charge in [0.15, 0.2) is 5.13 Å². The number of nitrogens with zero attached hydrogens (tertiary/aromatic N) is 1. The maximum atomic E-state index is 11.8. The van der Waals surface area contributed by atoms with Crippen LogP contribution in [0.5, 0.6) is 0 Å². The van der Waals surface area contributed by atoms with Gasteiger partial charge in [0.2, 0.25) is 0 Å². The molecule has 0 saturated carbocycles. The van der Waals surface area contributed by atoms with E-state index in [0.29, 0.717) is 10.7 Å². The van der Waals surface area contributed by atoms with Crippen LogP contribution in [0.3, 0.4) is 0 Å². The van der Waals surface area contributed by atoms with Crippen LogP contribution in [-0.2, 0) is 4.79 Å². The molecule has 1 amide bonds. The Kier molecular flexibility index (Phi) is 15.7. The molecule has 132 valence electrons. The summed E-state index contributed by atoms with van der Waals surface area (Å²) >= 11 is 1.46. The number of nitrogens with one attached hydrogen (secondary N) is 1. The molecule has 0 aliphatic rings. The predicted molar refractivity (Wildman–Crippen MR) is 111 cm³/mol. The molecule has 0 aliphatic heterocycles. The van der Waals surface area contributed by atoms with Crippen LogP contribution in [0.15, 0.2) is 61.2 Å². The highest BCUT2D eigenvalue weighted by Crippen LogP contribution is 2.25. The summed E-state index contributed by atoms with van der Waals surface area (Å²) in [5, 5.41) is 3.37. The molecular formula is C20H30N2OS. The van der Waals surface area contributed by atoms with Crippen molar-refractivity contribution in [1.29, 1.82) is 0 Å². The highest BCUT2D eigenvalue weighted by molar-refractivity contribution is 7.22. The molecule has 2 rings (SSSR count). The van der Waals surface area contributed by atoms with Crippen molar-refractivity contribution < 1.29 is 4.79 Å². The van der Waals surface area contributed by atoms with Crippen LogP contribution < -0.4 is 5.32 Å². The number of aromatic nitrogens is 1. The minimum absolute atomic E-state index is 0.179. The van der Waals surface area contributed by atoms with Gasteiger partial charge in [-0.2, -0.15) is 0 Å². The average molecular weight is 347 g/mol. The third-order valence-corrected chi connectivity index (χ3v) is 3.26. The Morgan fingerprint density at radius 1 is 1.12 bits per heavy atom. The van der Waals surface area contributed by atoms with Crippen LogP contribution >= 0.6 is 11.3 Å². The SMILES string of the molecule is C=C/C(=C\C)C(=O)Nc1nc2ccccc2s1.C=CC.CC.CC. The fraction of sp³-hybridized carbons (Fsp3) is 0.300. The smallest absolute Gasteiger partial charge is 0.257 e. The molecule has 4 heteroatoms. The van der Waals surface area contributed by atoms with Crippen molar-refractivity contribution in [2.45, 2.75) is 41.5 Å². The topological polar surface area (TPSA) is 42.0 Å². The zero-order valence-electron chi connectivity index (χ0n) is 15.7. The lowest BCUT2D eigenvalue weighted by atomic mass is 10.2. The number of anilines is 1.